The predicted molar refractivity (Wildman–Crippen MR) is 69.7 cm³/mol. The second-order valence-corrected chi connectivity index (χ2v) is 5.31. The molecule has 0 saturated heterocycles. The zero-order chi connectivity index (χ0) is 12.4. The summed E-state index contributed by atoms with van der Waals surface area (Å²) in [4.78, 5) is 9.78. The molecule has 0 aliphatic rings. The van der Waals surface area contributed by atoms with Crippen molar-refractivity contribution in [3.63, 3.8) is 0 Å². The molecule has 90 valence electrons. The van der Waals surface area contributed by atoms with E-state index in [0.29, 0.717) is 0 Å². The maximum absolute atomic E-state index is 5.67. The van der Waals surface area contributed by atoms with E-state index in [1.807, 2.05) is 33.2 Å². The summed E-state index contributed by atoms with van der Waals surface area (Å²) in [7, 11) is 0. The van der Waals surface area contributed by atoms with Crippen LogP contribution in [0.4, 0.5) is 0 Å². The number of nitrogens with one attached hydrogen (secondary N) is 1. The molecule has 3 N–H and O–H groups in total. The van der Waals surface area contributed by atoms with Crippen LogP contribution in [0, 0.1) is 20.8 Å². The SMILES string of the molecule is Cc1cncc(C(NN)c2sc(C)nc2C)c1. The van der Waals surface area contributed by atoms with Gasteiger partial charge in [-0.05, 0) is 31.9 Å². The zero-order valence-electron chi connectivity index (χ0n) is 10.2. The molecular formula is C12H16N4S. The van der Waals surface area contributed by atoms with E-state index in [1.54, 1.807) is 11.3 Å². The van der Waals surface area contributed by atoms with Crippen LogP contribution in [-0.4, -0.2) is 9.97 Å². The second-order valence-electron chi connectivity index (χ2n) is 4.08. The molecule has 17 heavy (non-hydrogen) atoms. The van der Waals surface area contributed by atoms with Gasteiger partial charge in [-0.15, -0.1) is 11.3 Å². The summed E-state index contributed by atoms with van der Waals surface area (Å²) in [6, 6.07) is 2.06. The van der Waals surface area contributed by atoms with Gasteiger partial charge in [-0.3, -0.25) is 10.8 Å². The molecule has 0 radical (unpaired) electrons. The summed E-state index contributed by atoms with van der Waals surface area (Å²) in [5.41, 5.74) is 6.07. The summed E-state index contributed by atoms with van der Waals surface area (Å²) in [5.74, 6) is 5.67. The molecule has 0 spiro atoms. The third-order valence-electron chi connectivity index (χ3n) is 2.60. The van der Waals surface area contributed by atoms with Gasteiger partial charge in [0.15, 0.2) is 0 Å². The Kier molecular flexibility index (Phi) is 3.51. The highest BCUT2D eigenvalue weighted by atomic mass is 32.1. The summed E-state index contributed by atoms with van der Waals surface area (Å²) in [6.45, 7) is 6.03. The Bertz CT molecular complexity index is 521. The number of hydrogen-bond donors (Lipinski definition) is 2. The van der Waals surface area contributed by atoms with Crippen molar-refractivity contribution in [2.75, 3.05) is 0 Å². The number of hydrogen-bond acceptors (Lipinski definition) is 5. The molecule has 0 amide bonds. The Labute approximate surface area is 105 Å². The highest BCUT2D eigenvalue weighted by Crippen LogP contribution is 2.29. The molecule has 2 aromatic rings. The van der Waals surface area contributed by atoms with Crippen LogP contribution in [0.3, 0.4) is 0 Å². The lowest BCUT2D eigenvalue weighted by molar-refractivity contribution is 0.639. The van der Waals surface area contributed by atoms with E-state index >= 15 is 0 Å². The highest BCUT2D eigenvalue weighted by molar-refractivity contribution is 7.11. The molecule has 1 atom stereocenters. The molecule has 1 unspecified atom stereocenters. The van der Waals surface area contributed by atoms with Gasteiger partial charge in [0, 0.05) is 12.4 Å². The molecule has 0 aliphatic heterocycles. The van der Waals surface area contributed by atoms with Crippen LogP contribution in [0.5, 0.6) is 0 Å². The average Bonchev–Trinajstić information content (AvgIpc) is 2.59. The number of nitrogens with two attached hydrogens (primary N) is 1. The fourth-order valence-corrected chi connectivity index (χ4v) is 2.89. The van der Waals surface area contributed by atoms with Gasteiger partial charge in [-0.2, -0.15) is 0 Å². The topological polar surface area (TPSA) is 63.8 Å². The summed E-state index contributed by atoms with van der Waals surface area (Å²) in [6.07, 6.45) is 3.67. The van der Waals surface area contributed by atoms with Crippen molar-refractivity contribution >= 4 is 11.3 Å². The number of pyridine rings is 1. The number of aromatic nitrogens is 2. The standard InChI is InChI=1S/C12H16N4S/c1-7-4-10(6-14-5-7)11(16-13)12-8(2)15-9(3)17-12/h4-6,11,16H,13H2,1-3H3. The normalized spacial score (nSPS) is 12.7. The molecule has 5 heteroatoms. The van der Waals surface area contributed by atoms with Crippen molar-refractivity contribution in [3.8, 4) is 0 Å². The van der Waals surface area contributed by atoms with Crippen LogP contribution in [-0.2, 0) is 0 Å². The Balaban J connectivity index is 2.43. The third kappa shape index (κ3) is 2.52. The molecule has 2 rings (SSSR count). The highest BCUT2D eigenvalue weighted by Gasteiger charge is 2.18. The van der Waals surface area contributed by atoms with E-state index < -0.39 is 0 Å². The predicted octanol–water partition coefficient (Wildman–Crippen LogP) is 2.02. The fourth-order valence-electron chi connectivity index (χ4n) is 1.87. The van der Waals surface area contributed by atoms with Crippen LogP contribution in [0.1, 0.15) is 32.7 Å². The first-order valence-electron chi connectivity index (χ1n) is 5.43. The van der Waals surface area contributed by atoms with E-state index in [4.69, 9.17) is 5.84 Å². The first-order chi connectivity index (χ1) is 8.11. The summed E-state index contributed by atoms with van der Waals surface area (Å²) < 4.78 is 0. The first-order valence-corrected chi connectivity index (χ1v) is 6.25. The molecular weight excluding hydrogens is 232 g/mol. The molecule has 0 fully saturated rings. The van der Waals surface area contributed by atoms with Gasteiger partial charge in [0.2, 0.25) is 0 Å². The quantitative estimate of drug-likeness (QED) is 0.644. The van der Waals surface area contributed by atoms with Crippen LogP contribution >= 0.6 is 11.3 Å². The average molecular weight is 248 g/mol. The van der Waals surface area contributed by atoms with Gasteiger partial charge >= 0.3 is 0 Å². The minimum atomic E-state index is -0.0337. The van der Waals surface area contributed by atoms with Gasteiger partial charge in [0.25, 0.3) is 0 Å². The van der Waals surface area contributed by atoms with E-state index in [-0.39, 0.29) is 6.04 Å². The number of rotatable bonds is 3. The van der Waals surface area contributed by atoms with E-state index in [9.17, 15) is 0 Å². The molecule has 2 heterocycles. The van der Waals surface area contributed by atoms with Gasteiger partial charge < -0.3 is 0 Å². The lowest BCUT2D eigenvalue weighted by Crippen LogP contribution is -2.28. The van der Waals surface area contributed by atoms with Crippen molar-refractivity contribution < 1.29 is 0 Å². The second kappa shape index (κ2) is 4.91. The lowest BCUT2D eigenvalue weighted by atomic mass is 10.1. The van der Waals surface area contributed by atoms with Gasteiger partial charge in [-0.1, -0.05) is 6.07 Å². The Morgan fingerprint density at radius 2 is 2.06 bits per heavy atom. The van der Waals surface area contributed by atoms with Crippen LogP contribution in [0.2, 0.25) is 0 Å². The summed E-state index contributed by atoms with van der Waals surface area (Å²) >= 11 is 1.67. The van der Waals surface area contributed by atoms with Crippen LogP contribution in [0.15, 0.2) is 18.5 Å². The number of aryl methyl sites for hydroxylation is 3. The smallest absolute Gasteiger partial charge is 0.0900 e. The maximum atomic E-state index is 5.67. The van der Waals surface area contributed by atoms with Crippen molar-refractivity contribution in [1.29, 1.82) is 0 Å². The van der Waals surface area contributed by atoms with E-state index in [1.165, 1.54) is 0 Å². The number of thiazole rings is 1. The first kappa shape index (κ1) is 12.2. The Morgan fingerprint density at radius 3 is 2.59 bits per heavy atom. The monoisotopic (exact) mass is 248 g/mol. The molecule has 0 aromatic carbocycles. The number of nitrogens with zero attached hydrogens (tertiary/aromatic N) is 2. The number of hydrazine groups is 1. The van der Waals surface area contributed by atoms with E-state index in [0.717, 1.165) is 26.7 Å². The molecule has 0 saturated carbocycles. The van der Waals surface area contributed by atoms with Crippen molar-refractivity contribution in [1.82, 2.24) is 15.4 Å². The van der Waals surface area contributed by atoms with Gasteiger partial charge in [-0.25, -0.2) is 10.4 Å². The van der Waals surface area contributed by atoms with E-state index in [2.05, 4.69) is 21.5 Å². The Hall–Kier alpha value is -1.30. The third-order valence-corrected chi connectivity index (χ3v) is 3.74. The fraction of sp³-hybridized carbons (Fsp3) is 0.333. The molecule has 0 aliphatic carbocycles. The van der Waals surface area contributed by atoms with Crippen LogP contribution in [0.25, 0.3) is 0 Å². The zero-order valence-corrected chi connectivity index (χ0v) is 11.0. The minimum Gasteiger partial charge on any atom is -0.271 e. The van der Waals surface area contributed by atoms with Crippen molar-refractivity contribution in [2.24, 2.45) is 5.84 Å². The van der Waals surface area contributed by atoms with Crippen molar-refractivity contribution in [2.45, 2.75) is 26.8 Å². The largest absolute Gasteiger partial charge is 0.271 e. The van der Waals surface area contributed by atoms with Gasteiger partial charge in [0.1, 0.15) is 0 Å². The Morgan fingerprint density at radius 1 is 1.29 bits per heavy atom. The molecule has 0 bridgehead atoms. The van der Waals surface area contributed by atoms with Gasteiger partial charge in [0.05, 0.1) is 21.6 Å². The van der Waals surface area contributed by atoms with Crippen molar-refractivity contribution in [3.05, 3.63) is 45.2 Å². The molecule has 4 nitrogen and oxygen atoms in total. The maximum Gasteiger partial charge on any atom is 0.0900 e. The van der Waals surface area contributed by atoms with Crippen LogP contribution < -0.4 is 11.3 Å². The minimum absolute atomic E-state index is 0.0337. The molecule has 2 aromatic heterocycles. The lowest BCUT2D eigenvalue weighted by Gasteiger charge is -2.15. The summed E-state index contributed by atoms with van der Waals surface area (Å²) in [5, 5.41) is 1.05.